The fourth-order valence-electron chi connectivity index (χ4n) is 0.778. The van der Waals surface area contributed by atoms with Crippen LogP contribution >= 0.6 is 11.6 Å². The molecule has 1 heterocycles. The maximum Gasteiger partial charge on any atom is 0.230 e. The molecule has 0 bridgehead atoms. The number of alkyl halides is 1. The van der Waals surface area contributed by atoms with Crippen LogP contribution in [-0.2, 0) is 0 Å². The molecule has 0 atom stereocenters. The summed E-state index contributed by atoms with van der Waals surface area (Å²) in [4.78, 5) is 13.4. The third-order valence-corrected chi connectivity index (χ3v) is 1.54. The Morgan fingerprint density at radius 1 is 1.36 bits per heavy atom. The summed E-state index contributed by atoms with van der Waals surface area (Å²) in [5.41, 5.74) is 0. The van der Waals surface area contributed by atoms with Crippen molar-refractivity contribution in [2.45, 2.75) is 0 Å². The van der Waals surface area contributed by atoms with Gasteiger partial charge in [0, 0.05) is 20.6 Å². The fourth-order valence-corrected chi connectivity index (χ4v) is 0.933. The molecule has 0 aliphatic heterocycles. The number of nitrogens with zero attached hydrogens (tertiary/aromatic N) is 4. The topological polar surface area (TPSA) is 53.9 Å². The van der Waals surface area contributed by atoms with Crippen LogP contribution in [0.1, 0.15) is 0 Å². The first-order valence-electron chi connectivity index (χ1n) is 4.02. The molecule has 14 heavy (non-hydrogen) atoms. The van der Waals surface area contributed by atoms with Gasteiger partial charge in [0.1, 0.15) is 6.67 Å². The van der Waals surface area contributed by atoms with Crippen molar-refractivity contribution >= 4 is 23.5 Å². The van der Waals surface area contributed by atoms with Gasteiger partial charge in [0.15, 0.2) is 0 Å². The molecule has 7 heteroatoms. The molecule has 0 aromatic carbocycles. The van der Waals surface area contributed by atoms with Crippen molar-refractivity contribution in [1.82, 2.24) is 15.0 Å². The first-order chi connectivity index (χ1) is 6.63. The number of nitrogens with one attached hydrogen (secondary N) is 1. The van der Waals surface area contributed by atoms with Gasteiger partial charge in [0.2, 0.25) is 17.2 Å². The molecule has 0 radical (unpaired) electrons. The highest BCUT2D eigenvalue weighted by molar-refractivity contribution is 6.28. The maximum absolute atomic E-state index is 11.9. The fraction of sp³-hybridized carbons (Fsp3) is 0.571. The highest BCUT2D eigenvalue weighted by Gasteiger charge is 2.05. The van der Waals surface area contributed by atoms with E-state index < -0.39 is 6.67 Å². The van der Waals surface area contributed by atoms with E-state index in [1.165, 1.54) is 0 Å². The quantitative estimate of drug-likeness (QED) is 0.818. The number of anilines is 2. The molecule has 78 valence electrons. The van der Waals surface area contributed by atoms with Crippen LogP contribution in [0.5, 0.6) is 0 Å². The molecule has 0 saturated carbocycles. The van der Waals surface area contributed by atoms with Crippen molar-refractivity contribution in [2.75, 3.05) is 37.5 Å². The molecule has 1 aromatic heterocycles. The minimum atomic E-state index is -0.486. The molecular formula is C7H11ClFN5. The van der Waals surface area contributed by atoms with E-state index in [4.69, 9.17) is 11.6 Å². The van der Waals surface area contributed by atoms with E-state index in [0.29, 0.717) is 5.95 Å². The SMILES string of the molecule is CN(C)c1nc(Cl)nc(NCCF)n1. The Labute approximate surface area is 86.3 Å². The second-order valence-electron chi connectivity index (χ2n) is 2.74. The molecule has 5 nitrogen and oxygen atoms in total. The Bertz CT molecular complexity index is 306. The van der Waals surface area contributed by atoms with Gasteiger partial charge in [0.25, 0.3) is 0 Å². The average Bonchev–Trinajstić information content (AvgIpc) is 2.14. The lowest BCUT2D eigenvalue weighted by atomic mass is 10.7. The van der Waals surface area contributed by atoms with Crippen molar-refractivity contribution in [3.05, 3.63) is 5.28 Å². The molecule has 1 aromatic rings. The summed E-state index contributed by atoms with van der Waals surface area (Å²) in [5.74, 6) is 0.720. The first kappa shape index (κ1) is 10.9. The molecular weight excluding hydrogens is 209 g/mol. The van der Waals surface area contributed by atoms with Crippen LogP contribution in [0.25, 0.3) is 0 Å². The summed E-state index contributed by atoms with van der Waals surface area (Å²) >= 11 is 5.65. The minimum absolute atomic E-state index is 0.0880. The zero-order chi connectivity index (χ0) is 10.6. The highest BCUT2D eigenvalue weighted by atomic mass is 35.5. The molecule has 0 fully saturated rings. The molecule has 0 saturated heterocycles. The van der Waals surface area contributed by atoms with Crippen LogP contribution in [0.15, 0.2) is 0 Å². The van der Waals surface area contributed by atoms with Gasteiger partial charge in [-0.05, 0) is 11.6 Å². The summed E-state index contributed by atoms with van der Waals surface area (Å²) in [7, 11) is 3.56. The predicted molar refractivity (Wildman–Crippen MR) is 53.6 cm³/mol. The van der Waals surface area contributed by atoms with Gasteiger partial charge in [-0.3, -0.25) is 0 Å². The average molecular weight is 220 g/mol. The second kappa shape index (κ2) is 4.90. The van der Waals surface area contributed by atoms with E-state index in [9.17, 15) is 4.39 Å². The van der Waals surface area contributed by atoms with E-state index >= 15 is 0 Å². The van der Waals surface area contributed by atoms with Crippen LogP contribution in [-0.4, -0.2) is 42.3 Å². The molecule has 1 rings (SSSR count). The van der Waals surface area contributed by atoms with Crippen molar-refractivity contribution in [3.63, 3.8) is 0 Å². The van der Waals surface area contributed by atoms with Crippen molar-refractivity contribution in [3.8, 4) is 0 Å². The molecule has 1 N–H and O–H groups in total. The van der Waals surface area contributed by atoms with E-state index in [1.807, 2.05) is 0 Å². The number of rotatable bonds is 4. The number of halogens is 2. The normalized spacial score (nSPS) is 10.0. The van der Waals surface area contributed by atoms with Gasteiger partial charge >= 0.3 is 0 Å². The van der Waals surface area contributed by atoms with E-state index in [-0.39, 0.29) is 17.8 Å². The Morgan fingerprint density at radius 3 is 2.64 bits per heavy atom. The summed E-state index contributed by atoms with van der Waals surface area (Å²) in [6.45, 7) is -0.326. The Hall–Kier alpha value is -1.17. The lowest BCUT2D eigenvalue weighted by molar-refractivity contribution is 0.512. The molecule has 0 amide bonds. The summed E-state index contributed by atoms with van der Waals surface area (Å²) < 4.78 is 11.9. The third-order valence-electron chi connectivity index (χ3n) is 1.37. The largest absolute Gasteiger partial charge is 0.351 e. The van der Waals surface area contributed by atoms with Gasteiger partial charge in [-0.1, -0.05) is 0 Å². The van der Waals surface area contributed by atoms with Crippen LogP contribution < -0.4 is 10.2 Å². The molecule has 0 unspecified atom stereocenters. The van der Waals surface area contributed by atoms with Crippen LogP contribution in [0.3, 0.4) is 0 Å². The maximum atomic E-state index is 11.9. The lowest BCUT2D eigenvalue weighted by Gasteiger charge is -2.11. The lowest BCUT2D eigenvalue weighted by Crippen LogP contribution is -2.15. The Kier molecular flexibility index (Phi) is 3.82. The van der Waals surface area contributed by atoms with Gasteiger partial charge in [-0.2, -0.15) is 15.0 Å². The summed E-state index contributed by atoms with van der Waals surface area (Å²) in [6.07, 6.45) is 0. The van der Waals surface area contributed by atoms with Gasteiger partial charge in [0.05, 0.1) is 0 Å². The van der Waals surface area contributed by atoms with Gasteiger partial charge in [-0.15, -0.1) is 0 Å². The van der Waals surface area contributed by atoms with Crippen LogP contribution in [0.2, 0.25) is 5.28 Å². The van der Waals surface area contributed by atoms with E-state index in [0.717, 1.165) is 0 Å². The molecule has 0 aliphatic carbocycles. The Morgan fingerprint density at radius 2 is 2.07 bits per heavy atom. The third kappa shape index (κ3) is 2.95. The second-order valence-corrected chi connectivity index (χ2v) is 3.08. The van der Waals surface area contributed by atoms with Crippen molar-refractivity contribution in [1.29, 1.82) is 0 Å². The Balaban J connectivity index is 2.84. The van der Waals surface area contributed by atoms with E-state index in [1.54, 1.807) is 19.0 Å². The molecule has 0 aliphatic rings. The zero-order valence-electron chi connectivity index (χ0n) is 7.96. The van der Waals surface area contributed by atoms with Gasteiger partial charge in [-0.25, -0.2) is 4.39 Å². The highest BCUT2D eigenvalue weighted by Crippen LogP contribution is 2.10. The first-order valence-corrected chi connectivity index (χ1v) is 4.40. The minimum Gasteiger partial charge on any atom is -0.351 e. The van der Waals surface area contributed by atoms with Gasteiger partial charge < -0.3 is 10.2 Å². The van der Waals surface area contributed by atoms with Crippen molar-refractivity contribution < 1.29 is 4.39 Å². The smallest absolute Gasteiger partial charge is 0.230 e. The monoisotopic (exact) mass is 219 g/mol. The standard InChI is InChI=1S/C7H11ClFN5/c1-14(2)7-12-5(8)11-6(13-7)10-4-3-9/h3-4H2,1-2H3,(H,10,11,12,13). The zero-order valence-corrected chi connectivity index (χ0v) is 8.71. The number of aromatic nitrogens is 3. The van der Waals surface area contributed by atoms with Crippen LogP contribution in [0.4, 0.5) is 16.3 Å². The summed E-state index contributed by atoms with van der Waals surface area (Å²) in [5, 5.41) is 2.77. The predicted octanol–water partition coefficient (Wildman–Crippen LogP) is 0.972. The summed E-state index contributed by atoms with van der Waals surface area (Å²) in [6, 6.07) is 0. The number of hydrogen-bond donors (Lipinski definition) is 1. The molecule has 0 spiro atoms. The van der Waals surface area contributed by atoms with E-state index in [2.05, 4.69) is 20.3 Å². The van der Waals surface area contributed by atoms with Crippen molar-refractivity contribution in [2.24, 2.45) is 0 Å². The van der Waals surface area contributed by atoms with Crippen LogP contribution in [0, 0.1) is 0 Å². The number of hydrogen-bond acceptors (Lipinski definition) is 5.